The second-order valence-electron chi connectivity index (χ2n) is 5.59. The lowest BCUT2D eigenvalue weighted by Crippen LogP contribution is -2.49. The highest BCUT2D eigenvalue weighted by molar-refractivity contribution is 7.13. The van der Waals surface area contributed by atoms with Gasteiger partial charge in [0.05, 0.1) is 0 Å². The summed E-state index contributed by atoms with van der Waals surface area (Å²) in [4.78, 5) is 32.6. The molecule has 2 aromatic rings. The third-order valence-electron chi connectivity index (χ3n) is 4.14. The molecule has 3 heterocycles. The molecule has 23 heavy (non-hydrogen) atoms. The Hall–Kier alpha value is -2.15. The standard InChI is InChI=1S/C16H20N4O2S/c1-13-3-2-4-15(22)20(13)7-5-14(21)18-8-10-19(11-9-18)16-17-6-12-23-16/h2-4,6,12H,5,7-11H2,1H3. The average Bonchev–Trinajstić information content (AvgIpc) is 3.09. The minimum atomic E-state index is -0.0496. The highest BCUT2D eigenvalue weighted by Gasteiger charge is 2.22. The van der Waals surface area contributed by atoms with Gasteiger partial charge in [-0.2, -0.15) is 0 Å². The summed E-state index contributed by atoms with van der Waals surface area (Å²) in [5, 5.41) is 2.98. The fraction of sp³-hybridized carbons (Fsp3) is 0.438. The van der Waals surface area contributed by atoms with Gasteiger partial charge in [0.15, 0.2) is 5.13 Å². The number of piperazine rings is 1. The molecule has 0 radical (unpaired) electrons. The Bertz CT molecular complexity index is 718. The van der Waals surface area contributed by atoms with Crippen molar-refractivity contribution >= 4 is 22.4 Å². The largest absolute Gasteiger partial charge is 0.345 e. The van der Waals surface area contributed by atoms with E-state index >= 15 is 0 Å². The number of nitrogens with zero attached hydrogens (tertiary/aromatic N) is 4. The van der Waals surface area contributed by atoms with E-state index in [1.165, 1.54) is 6.07 Å². The molecule has 1 aliphatic rings. The maximum atomic E-state index is 12.4. The van der Waals surface area contributed by atoms with Crippen LogP contribution >= 0.6 is 11.3 Å². The number of anilines is 1. The van der Waals surface area contributed by atoms with Crippen LogP contribution in [0.5, 0.6) is 0 Å². The smallest absolute Gasteiger partial charge is 0.250 e. The lowest BCUT2D eigenvalue weighted by Gasteiger charge is -2.34. The van der Waals surface area contributed by atoms with Gasteiger partial charge in [-0.05, 0) is 13.0 Å². The maximum absolute atomic E-state index is 12.4. The molecule has 6 nitrogen and oxygen atoms in total. The van der Waals surface area contributed by atoms with Gasteiger partial charge >= 0.3 is 0 Å². The fourth-order valence-corrected chi connectivity index (χ4v) is 3.49. The predicted molar refractivity (Wildman–Crippen MR) is 91.0 cm³/mol. The first-order valence-electron chi connectivity index (χ1n) is 7.74. The first-order valence-corrected chi connectivity index (χ1v) is 8.62. The van der Waals surface area contributed by atoms with Crippen LogP contribution in [0.2, 0.25) is 0 Å². The van der Waals surface area contributed by atoms with Crippen LogP contribution in [0.4, 0.5) is 5.13 Å². The molecule has 7 heteroatoms. The normalized spacial score (nSPS) is 15.0. The van der Waals surface area contributed by atoms with E-state index in [-0.39, 0.29) is 11.5 Å². The van der Waals surface area contributed by atoms with Crippen LogP contribution in [0, 0.1) is 6.92 Å². The molecule has 1 amide bonds. The van der Waals surface area contributed by atoms with E-state index in [1.807, 2.05) is 23.3 Å². The van der Waals surface area contributed by atoms with Crippen LogP contribution < -0.4 is 10.5 Å². The summed E-state index contributed by atoms with van der Waals surface area (Å²) in [5.74, 6) is 0.110. The summed E-state index contributed by atoms with van der Waals surface area (Å²) in [6.45, 7) is 5.37. The molecule has 1 fully saturated rings. The van der Waals surface area contributed by atoms with Gasteiger partial charge in [-0.3, -0.25) is 9.59 Å². The number of thiazole rings is 1. The third kappa shape index (κ3) is 3.61. The summed E-state index contributed by atoms with van der Waals surface area (Å²) in [5.41, 5.74) is 0.838. The van der Waals surface area contributed by atoms with Gasteiger partial charge in [0.1, 0.15) is 0 Å². The first-order chi connectivity index (χ1) is 11.1. The second-order valence-corrected chi connectivity index (χ2v) is 6.46. The first kappa shape index (κ1) is 15.7. The number of pyridine rings is 1. The van der Waals surface area contributed by atoms with Crippen molar-refractivity contribution in [2.75, 3.05) is 31.1 Å². The zero-order valence-electron chi connectivity index (χ0n) is 13.1. The van der Waals surface area contributed by atoms with E-state index in [4.69, 9.17) is 0 Å². The summed E-state index contributed by atoms with van der Waals surface area (Å²) < 4.78 is 1.66. The van der Waals surface area contributed by atoms with Crippen molar-refractivity contribution in [1.29, 1.82) is 0 Å². The number of amides is 1. The SMILES string of the molecule is Cc1cccc(=O)n1CCC(=O)N1CCN(c2nccs2)CC1. The molecule has 2 aromatic heterocycles. The molecule has 1 aliphatic heterocycles. The number of carbonyl (C=O) groups excluding carboxylic acids is 1. The predicted octanol–water partition coefficient (Wildman–Crippen LogP) is 1.35. The van der Waals surface area contributed by atoms with Crippen LogP contribution in [0.1, 0.15) is 12.1 Å². The van der Waals surface area contributed by atoms with Crippen LogP contribution in [0.25, 0.3) is 0 Å². The van der Waals surface area contributed by atoms with Gasteiger partial charge in [-0.1, -0.05) is 6.07 Å². The molecule has 122 valence electrons. The van der Waals surface area contributed by atoms with Crippen molar-refractivity contribution < 1.29 is 4.79 Å². The monoisotopic (exact) mass is 332 g/mol. The highest BCUT2D eigenvalue weighted by atomic mass is 32.1. The minimum Gasteiger partial charge on any atom is -0.345 e. The quantitative estimate of drug-likeness (QED) is 0.848. The summed E-state index contributed by atoms with van der Waals surface area (Å²) in [6, 6.07) is 5.16. The molecule has 0 N–H and O–H groups in total. The molecule has 0 saturated carbocycles. The minimum absolute atomic E-state index is 0.0496. The van der Waals surface area contributed by atoms with Gasteiger partial charge < -0.3 is 14.4 Å². The Morgan fingerprint density at radius 2 is 2.04 bits per heavy atom. The van der Waals surface area contributed by atoms with E-state index < -0.39 is 0 Å². The Morgan fingerprint density at radius 3 is 2.70 bits per heavy atom. The van der Waals surface area contributed by atoms with E-state index in [2.05, 4.69) is 9.88 Å². The average molecular weight is 332 g/mol. The number of rotatable bonds is 4. The molecule has 1 saturated heterocycles. The molecule has 0 aromatic carbocycles. The zero-order valence-corrected chi connectivity index (χ0v) is 14.0. The second kappa shape index (κ2) is 6.95. The number of hydrogen-bond acceptors (Lipinski definition) is 5. The number of hydrogen-bond donors (Lipinski definition) is 0. The fourth-order valence-electron chi connectivity index (χ4n) is 2.79. The van der Waals surface area contributed by atoms with Gasteiger partial charge in [0, 0.05) is 62.5 Å². The molecular weight excluding hydrogens is 312 g/mol. The Kier molecular flexibility index (Phi) is 4.76. The van der Waals surface area contributed by atoms with Crippen molar-refractivity contribution in [3.63, 3.8) is 0 Å². The maximum Gasteiger partial charge on any atom is 0.250 e. The van der Waals surface area contributed by atoms with Crippen molar-refractivity contribution in [3.05, 3.63) is 45.8 Å². The highest BCUT2D eigenvalue weighted by Crippen LogP contribution is 2.19. The summed E-state index contributed by atoms with van der Waals surface area (Å²) >= 11 is 1.62. The van der Waals surface area contributed by atoms with Crippen LogP contribution in [-0.4, -0.2) is 46.5 Å². The third-order valence-corrected chi connectivity index (χ3v) is 4.97. The zero-order chi connectivity index (χ0) is 16.2. The lowest BCUT2D eigenvalue weighted by atomic mass is 10.2. The Labute approximate surface area is 139 Å². The van der Waals surface area contributed by atoms with Gasteiger partial charge in [0.2, 0.25) is 5.91 Å². The number of aryl methyl sites for hydroxylation is 1. The Balaban J connectivity index is 1.53. The molecule has 0 unspecified atom stereocenters. The molecule has 0 spiro atoms. The van der Waals surface area contributed by atoms with Crippen LogP contribution in [0.15, 0.2) is 34.6 Å². The van der Waals surface area contributed by atoms with Crippen molar-refractivity contribution in [2.24, 2.45) is 0 Å². The number of aromatic nitrogens is 2. The van der Waals surface area contributed by atoms with Gasteiger partial charge in [-0.25, -0.2) is 4.98 Å². The molecule has 3 rings (SSSR count). The molecule has 0 atom stereocenters. The van der Waals surface area contributed by atoms with Crippen LogP contribution in [-0.2, 0) is 11.3 Å². The Morgan fingerprint density at radius 1 is 1.26 bits per heavy atom. The van der Waals surface area contributed by atoms with E-state index in [0.29, 0.717) is 26.1 Å². The van der Waals surface area contributed by atoms with E-state index in [0.717, 1.165) is 23.9 Å². The topological polar surface area (TPSA) is 58.4 Å². The molecule has 0 aliphatic carbocycles. The van der Waals surface area contributed by atoms with Gasteiger partial charge in [0.25, 0.3) is 5.56 Å². The van der Waals surface area contributed by atoms with Crippen molar-refractivity contribution in [3.8, 4) is 0 Å². The summed E-state index contributed by atoms with van der Waals surface area (Å²) in [6.07, 6.45) is 2.17. The lowest BCUT2D eigenvalue weighted by molar-refractivity contribution is -0.131. The number of carbonyl (C=O) groups is 1. The van der Waals surface area contributed by atoms with Crippen molar-refractivity contribution in [2.45, 2.75) is 19.9 Å². The summed E-state index contributed by atoms with van der Waals surface area (Å²) in [7, 11) is 0. The molecule has 0 bridgehead atoms. The van der Waals surface area contributed by atoms with Gasteiger partial charge in [-0.15, -0.1) is 11.3 Å². The van der Waals surface area contributed by atoms with Crippen molar-refractivity contribution in [1.82, 2.24) is 14.5 Å². The molecular formula is C16H20N4O2S. The van der Waals surface area contributed by atoms with E-state index in [9.17, 15) is 9.59 Å². The van der Waals surface area contributed by atoms with Crippen LogP contribution in [0.3, 0.4) is 0 Å². The van der Waals surface area contributed by atoms with E-state index in [1.54, 1.807) is 28.2 Å².